The van der Waals surface area contributed by atoms with Crippen molar-refractivity contribution in [2.45, 2.75) is 26.4 Å². The topological polar surface area (TPSA) is 86.9 Å². The van der Waals surface area contributed by atoms with Crippen LogP contribution in [0.2, 0.25) is 0 Å². The molecule has 0 fully saturated rings. The minimum Gasteiger partial charge on any atom is -0.369 e. The highest BCUT2D eigenvalue weighted by Crippen LogP contribution is 2.23. The molecule has 106 valence electrons. The number of amides is 1. The maximum atomic E-state index is 11.5. The third-order valence-electron chi connectivity index (χ3n) is 3.45. The summed E-state index contributed by atoms with van der Waals surface area (Å²) >= 11 is 0. The molecule has 0 spiro atoms. The lowest BCUT2D eigenvalue weighted by Crippen LogP contribution is -2.36. The van der Waals surface area contributed by atoms with Crippen molar-refractivity contribution >= 4 is 5.91 Å². The van der Waals surface area contributed by atoms with Crippen LogP contribution >= 0.6 is 0 Å². The molecule has 0 saturated heterocycles. The van der Waals surface area contributed by atoms with Gasteiger partial charge in [0.1, 0.15) is 0 Å². The monoisotopic (exact) mass is 272 g/mol. The third kappa shape index (κ3) is 2.88. The molecule has 1 aromatic heterocycles. The SMILES string of the molecule is CC(C)(Cn1cncc1C(N)c1ccccc1)C(N)=O. The number of imidazole rings is 1. The van der Waals surface area contributed by atoms with Gasteiger partial charge in [0, 0.05) is 6.54 Å². The van der Waals surface area contributed by atoms with E-state index in [1.807, 2.05) is 48.7 Å². The second-order valence-electron chi connectivity index (χ2n) is 5.58. The van der Waals surface area contributed by atoms with Crippen LogP contribution in [0.15, 0.2) is 42.9 Å². The molecule has 0 aliphatic rings. The van der Waals surface area contributed by atoms with Gasteiger partial charge in [-0.15, -0.1) is 0 Å². The first-order chi connectivity index (χ1) is 9.42. The second kappa shape index (κ2) is 5.46. The first-order valence-electron chi connectivity index (χ1n) is 6.52. The van der Waals surface area contributed by atoms with Crippen molar-refractivity contribution in [2.24, 2.45) is 16.9 Å². The molecule has 0 saturated carbocycles. The summed E-state index contributed by atoms with van der Waals surface area (Å²) in [6.45, 7) is 4.08. The summed E-state index contributed by atoms with van der Waals surface area (Å²) < 4.78 is 1.89. The Kier molecular flexibility index (Phi) is 3.90. The molecule has 1 aromatic carbocycles. The van der Waals surface area contributed by atoms with Crippen LogP contribution in [0.1, 0.15) is 31.1 Å². The van der Waals surface area contributed by atoms with Crippen LogP contribution in [0.3, 0.4) is 0 Å². The van der Waals surface area contributed by atoms with Gasteiger partial charge in [0.05, 0.1) is 29.7 Å². The molecule has 5 nitrogen and oxygen atoms in total. The van der Waals surface area contributed by atoms with Crippen LogP contribution in [0.5, 0.6) is 0 Å². The average Bonchev–Trinajstić information content (AvgIpc) is 2.86. The Bertz CT molecular complexity index is 589. The fourth-order valence-electron chi connectivity index (χ4n) is 2.06. The molecule has 1 amide bonds. The number of rotatable bonds is 5. The predicted molar refractivity (Wildman–Crippen MR) is 77.7 cm³/mol. The van der Waals surface area contributed by atoms with Gasteiger partial charge >= 0.3 is 0 Å². The summed E-state index contributed by atoms with van der Waals surface area (Å²) in [5.74, 6) is -0.342. The van der Waals surface area contributed by atoms with Crippen molar-refractivity contribution in [3.05, 3.63) is 54.1 Å². The molecule has 4 N–H and O–H groups in total. The lowest BCUT2D eigenvalue weighted by molar-refractivity contribution is -0.126. The molecular formula is C15H20N4O. The summed E-state index contributed by atoms with van der Waals surface area (Å²) in [4.78, 5) is 15.6. The number of hydrogen-bond acceptors (Lipinski definition) is 3. The number of aromatic nitrogens is 2. The molecule has 5 heteroatoms. The minimum absolute atomic E-state index is 0.276. The van der Waals surface area contributed by atoms with Gasteiger partial charge in [-0.1, -0.05) is 30.3 Å². The van der Waals surface area contributed by atoms with Crippen LogP contribution in [0, 0.1) is 5.41 Å². The van der Waals surface area contributed by atoms with E-state index in [1.54, 1.807) is 12.5 Å². The van der Waals surface area contributed by atoms with Gasteiger partial charge in [-0.3, -0.25) is 4.79 Å². The second-order valence-corrected chi connectivity index (χ2v) is 5.58. The Labute approximate surface area is 118 Å². The van der Waals surface area contributed by atoms with E-state index in [9.17, 15) is 4.79 Å². The normalized spacial score (nSPS) is 13.2. The number of benzene rings is 1. The Morgan fingerprint density at radius 1 is 1.35 bits per heavy atom. The number of hydrogen-bond donors (Lipinski definition) is 2. The molecule has 1 unspecified atom stereocenters. The average molecular weight is 272 g/mol. The molecule has 20 heavy (non-hydrogen) atoms. The predicted octanol–water partition coefficient (Wildman–Crippen LogP) is 1.44. The quantitative estimate of drug-likeness (QED) is 0.863. The lowest BCUT2D eigenvalue weighted by Gasteiger charge is -2.23. The van der Waals surface area contributed by atoms with Crippen LogP contribution in [-0.4, -0.2) is 15.5 Å². The number of primary amides is 1. The van der Waals surface area contributed by atoms with E-state index < -0.39 is 5.41 Å². The van der Waals surface area contributed by atoms with Crippen molar-refractivity contribution in [1.29, 1.82) is 0 Å². The Morgan fingerprint density at radius 2 is 2.00 bits per heavy atom. The van der Waals surface area contributed by atoms with Crippen LogP contribution < -0.4 is 11.5 Å². The largest absolute Gasteiger partial charge is 0.369 e. The minimum atomic E-state index is -0.647. The van der Waals surface area contributed by atoms with E-state index in [4.69, 9.17) is 11.5 Å². The Hall–Kier alpha value is -2.14. The lowest BCUT2D eigenvalue weighted by atomic mass is 9.92. The molecule has 1 atom stereocenters. The van der Waals surface area contributed by atoms with Crippen molar-refractivity contribution in [3.8, 4) is 0 Å². The van der Waals surface area contributed by atoms with E-state index in [0.29, 0.717) is 6.54 Å². The maximum absolute atomic E-state index is 11.5. The van der Waals surface area contributed by atoms with E-state index >= 15 is 0 Å². The highest BCUT2D eigenvalue weighted by Gasteiger charge is 2.27. The summed E-state index contributed by atoms with van der Waals surface area (Å²) in [6, 6.07) is 9.51. The van der Waals surface area contributed by atoms with Crippen LogP contribution in [0.25, 0.3) is 0 Å². The number of carbonyl (C=O) groups excluding carboxylic acids is 1. The van der Waals surface area contributed by atoms with E-state index in [0.717, 1.165) is 11.3 Å². The molecule has 0 radical (unpaired) electrons. The number of nitrogens with zero attached hydrogens (tertiary/aromatic N) is 2. The summed E-state index contributed by atoms with van der Waals surface area (Å²) in [7, 11) is 0. The molecule has 2 aromatic rings. The third-order valence-corrected chi connectivity index (χ3v) is 3.45. The van der Waals surface area contributed by atoms with Crippen LogP contribution in [0.4, 0.5) is 0 Å². The van der Waals surface area contributed by atoms with Crippen molar-refractivity contribution in [3.63, 3.8) is 0 Å². The van der Waals surface area contributed by atoms with Gasteiger partial charge in [0.15, 0.2) is 0 Å². The number of carbonyl (C=O) groups is 1. The van der Waals surface area contributed by atoms with E-state index in [-0.39, 0.29) is 11.9 Å². The molecule has 1 heterocycles. The van der Waals surface area contributed by atoms with E-state index in [2.05, 4.69) is 4.98 Å². The van der Waals surface area contributed by atoms with Gasteiger partial charge in [-0.2, -0.15) is 0 Å². The summed E-state index contributed by atoms with van der Waals surface area (Å²) in [5.41, 5.74) is 12.9. The zero-order valence-corrected chi connectivity index (χ0v) is 11.8. The van der Waals surface area contributed by atoms with Crippen LogP contribution in [-0.2, 0) is 11.3 Å². The summed E-state index contributed by atoms with van der Waals surface area (Å²) in [5, 5.41) is 0. The van der Waals surface area contributed by atoms with Crippen molar-refractivity contribution in [2.75, 3.05) is 0 Å². The Balaban J connectivity index is 2.27. The highest BCUT2D eigenvalue weighted by molar-refractivity contribution is 5.79. The fourth-order valence-corrected chi connectivity index (χ4v) is 2.06. The zero-order chi connectivity index (χ0) is 14.8. The molecular weight excluding hydrogens is 252 g/mol. The Morgan fingerprint density at radius 3 is 2.60 bits per heavy atom. The summed E-state index contributed by atoms with van der Waals surface area (Å²) in [6.07, 6.45) is 3.41. The molecule has 0 bridgehead atoms. The number of nitrogens with two attached hydrogens (primary N) is 2. The standard InChI is InChI=1S/C15H20N4O/c1-15(2,14(17)20)9-19-10-18-8-12(19)13(16)11-6-4-3-5-7-11/h3-8,10,13H,9,16H2,1-2H3,(H2,17,20). The van der Waals surface area contributed by atoms with E-state index in [1.165, 1.54) is 0 Å². The first-order valence-corrected chi connectivity index (χ1v) is 6.52. The van der Waals surface area contributed by atoms with Crippen molar-refractivity contribution < 1.29 is 4.79 Å². The van der Waals surface area contributed by atoms with Gasteiger partial charge < -0.3 is 16.0 Å². The van der Waals surface area contributed by atoms with Gasteiger partial charge in [-0.05, 0) is 19.4 Å². The van der Waals surface area contributed by atoms with Gasteiger partial charge in [0.2, 0.25) is 5.91 Å². The van der Waals surface area contributed by atoms with Gasteiger partial charge in [0.25, 0.3) is 0 Å². The van der Waals surface area contributed by atoms with Crippen molar-refractivity contribution in [1.82, 2.24) is 9.55 Å². The van der Waals surface area contributed by atoms with Gasteiger partial charge in [-0.25, -0.2) is 4.98 Å². The molecule has 0 aliphatic heterocycles. The first kappa shape index (κ1) is 14.3. The zero-order valence-electron chi connectivity index (χ0n) is 11.8. The molecule has 0 aliphatic carbocycles. The smallest absolute Gasteiger partial charge is 0.224 e. The molecule has 2 rings (SSSR count). The fraction of sp³-hybridized carbons (Fsp3) is 0.333. The highest BCUT2D eigenvalue weighted by atomic mass is 16.1. The maximum Gasteiger partial charge on any atom is 0.224 e.